The fourth-order valence-electron chi connectivity index (χ4n) is 1.44. The van der Waals surface area contributed by atoms with Crippen molar-refractivity contribution >= 4 is 0 Å². The van der Waals surface area contributed by atoms with Gasteiger partial charge in [-0.3, -0.25) is 0 Å². The van der Waals surface area contributed by atoms with Crippen LogP contribution < -0.4 is 5.32 Å². The van der Waals surface area contributed by atoms with Crippen molar-refractivity contribution in [3.8, 4) is 0 Å². The molecule has 0 fully saturated rings. The lowest BCUT2D eigenvalue weighted by Crippen LogP contribution is -2.22. The van der Waals surface area contributed by atoms with Crippen LogP contribution in [0.5, 0.6) is 0 Å². The van der Waals surface area contributed by atoms with Gasteiger partial charge in [0, 0.05) is 0 Å². The molecule has 0 aliphatic carbocycles. The molecule has 0 spiro atoms. The van der Waals surface area contributed by atoms with E-state index in [-0.39, 0.29) is 0 Å². The zero-order chi connectivity index (χ0) is 9.23. The average molecular weight is 171 g/mol. The Morgan fingerprint density at radius 3 is 2.42 bits per heavy atom. The molecule has 0 heterocycles. The molecule has 0 saturated carbocycles. The highest BCUT2D eigenvalue weighted by Gasteiger charge is 1.98. The highest BCUT2D eigenvalue weighted by Crippen LogP contribution is 2.02. The van der Waals surface area contributed by atoms with Gasteiger partial charge in [0.25, 0.3) is 0 Å². The van der Waals surface area contributed by atoms with Crippen molar-refractivity contribution in [2.24, 2.45) is 5.92 Å². The van der Waals surface area contributed by atoms with Crippen LogP contribution in [0.1, 0.15) is 52.9 Å². The van der Waals surface area contributed by atoms with E-state index >= 15 is 0 Å². The van der Waals surface area contributed by atoms with E-state index in [1.807, 2.05) is 0 Å². The van der Waals surface area contributed by atoms with Crippen molar-refractivity contribution in [2.75, 3.05) is 13.1 Å². The lowest BCUT2D eigenvalue weighted by atomic mass is 10.1. The quantitative estimate of drug-likeness (QED) is 0.553. The fourth-order valence-corrected chi connectivity index (χ4v) is 1.44. The molecule has 1 unspecified atom stereocenters. The number of unbranched alkanes of at least 4 members (excludes halogenated alkanes) is 2. The molecular weight excluding hydrogens is 146 g/mol. The van der Waals surface area contributed by atoms with Gasteiger partial charge in [-0.1, -0.05) is 40.0 Å². The van der Waals surface area contributed by atoms with Crippen molar-refractivity contribution in [1.82, 2.24) is 5.32 Å². The van der Waals surface area contributed by atoms with E-state index in [1.165, 1.54) is 45.2 Å². The largest absolute Gasteiger partial charge is 0.316 e. The Kier molecular flexibility index (Phi) is 9.02. The summed E-state index contributed by atoms with van der Waals surface area (Å²) < 4.78 is 0. The Labute approximate surface area is 77.9 Å². The van der Waals surface area contributed by atoms with Crippen molar-refractivity contribution in [3.05, 3.63) is 0 Å². The maximum absolute atomic E-state index is 3.50. The summed E-state index contributed by atoms with van der Waals surface area (Å²) >= 11 is 0. The third-order valence-electron chi connectivity index (χ3n) is 2.23. The van der Waals surface area contributed by atoms with Crippen molar-refractivity contribution in [1.29, 1.82) is 0 Å². The highest BCUT2D eigenvalue weighted by molar-refractivity contribution is 4.56. The van der Waals surface area contributed by atoms with Gasteiger partial charge in [-0.25, -0.2) is 0 Å². The molecule has 0 aromatic carbocycles. The van der Waals surface area contributed by atoms with Gasteiger partial charge in [0.2, 0.25) is 0 Å². The monoisotopic (exact) mass is 171 g/mol. The van der Waals surface area contributed by atoms with Crippen molar-refractivity contribution in [2.45, 2.75) is 52.9 Å². The van der Waals surface area contributed by atoms with Crippen molar-refractivity contribution < 1.29 is 0 Å². The number of rotatable bonds is 8. The zero-order valence-electron chi connectivity index (χ0n) is 9.03. The van der Waals surface area contributed by atoms with Crippen LogP contribution in [-0.4, -0.2) is 13.1 Å². The molecule has 1 N–H and O–H groups in total. The van der Waals surface area contributed by atoms with Gasteiger partial charge in [0.05, 0.1) is 0 Å². The van der Waals surface area contributed by atoms with Crippen LogP contribution >= 0.6 is 0 Å². The molecule has 0 bridgehead atoms. The van der Waals surface area contributed by atoms with Crippen LogP contribution in [0.25, 0.3) is 0 Å². The first-order chi connectivity index (χ1) is 5.81. The van der Waals surface area contributed by atoms with E-state index in [9.17, 15) is 0 Å². The zero-order valence-corrected chi connectivity index (χ0v) is 9.03. The lowest BCUT2D eigenvalue weighted by molar-refractivity contribution is 0.470. The van der Waals surface area contributed by atoms with Crippen LogP contribution in [-0.2, 0) is 0 Å². The first-order valence-electron chi connectivity index (χ1n) is 5.52. The minimum Gasteiger partial charge on any atom is -0.316 e. The van der Waals surface area contributed by atoms with E-state index in [2.05, 4.69) is 26.1 Å². The summed E-state index contributed by atoms with van der Waals surface area (Å²) in [4.78, 5) is 0. The molecule has 1 atom stereocenters. The number of nitrogens with one attached hydrogen (secondary N) is 1. The molecule has 0 aliphatic rings. The predicted molar refractivity (Wildman–Crippen MR) is 56.5 cm³/mol. The summed E-state index contributed by atoms with van der Waals surface area (Å²) in [5.41, 5.74) is 0. The Balaban J connectivity index is 2.97. The molecule has 1 nitrogen and oxygen atoms in total. The van der Waals surface area contributed by atoms with E-state index in [0.29, 0.717) is 0 Å². The van der Waals surface area contributed by atoms with E-state index in [1.54, 1.807) is 0 Å². The van der Waals surface area contributed by atoms with Gasteiger partial charge in [-0.05, 0) is 31.8 Å². The third kappa shape index (κ3) is 8.06. The number of hydrogen-bond acceptors (Lipinski definition) is 1. The SMILES string of the molecule is CCCCCNCC(C)CCC. The summed E-state index contributed by atoms with van der Waals surface area (Å²) in [5.74, 6) is 0.858. The van der Waals surface area contributed by atoms with Crippen LogP contribution in [0.4, 0.5) is 0 Å². The second kappa shape index (κ2) is 9.05. The third-order valence-corrected chi connectivity index (χ3v) is 2.23. The average Bonchev–Trinajstić information content (AvgIpc) is 2.05. The minimum atomic E-state index is 0.858. The summed E-state index contributed by atoms with van der Waals surface area (Å²) in [5, 5.41) is 3.50. The fraction of sp³-hybridized carbons (Fsp3) is 1.00. The van der Waals surface area contributed by atoms with Crippen LogP contribution in [0.15, 0.2) is 0 Å². The number of hydrogen-bond donors (Lipinski definition) is 1. The summed E-state index contributed by atoms with van der Waals surface area (Å²) in [6.45, 7) is 9.25. The first kappa shape index (κ1) is 12.0. The minimum absolute atomic E-state index is 0.858. The topological polar surface area (TPSA) is 12.0 Å². The maximum Gasteiger partial charge on any atom is -0.00232 e. The Bertz CT molecular complexity index is 81.1. The first-order valence-corrected chi connectivity index (χ1v) is 5.52. The normalized spacial score (nSPS) is 13.2. The summed E-state index contributed by atoms with van der Waals surface area (Å²) in [7, 11) is 0. The van der Waals surface area contributed by atoms with Gasteiger partial charge in [0.1, 0.15) is 0 Å². The molecule has 74 valence electrons. The lowest BCUT2D eigenvalue weighted by Gasteiger charge is -2.10. The molecule has 1 heteroatoms. The smallest absolute Gasteiger partial charge is 0.00232 e. The Hall–Kier alpha value is -0.0400. The van der Waals surface area contributed by atoms with Crippen LogP contribution in [0.3, 0.4) is 0 Å². The van der Waals surface area contributed by atoms with Crippen molar-refractivity contribution in [3.63, 3.8) is 0 Å². The van der Waals surface area contributed by atoms with Gasteiger partial charge in [-0.15, -0.1) is 0 Å². The van der Waals surface area contributed by atoms with Gasteiger partial charge in [-0.2, -0.15) is 0 Å². The maximum atomic E-state index is 3.50. The molecule has 0 aromatic rings. The second-order valence-corrected chi connectivity index (χ2v) is 3.81. The van der Waals surface area contributed by atoms with E-state index in [0.717, 1.165) is 5.92 Å². The molecular formula is C11H25N. The summed E-state index contributed by atoms with van der Waals surface area (Å²) in [6, 6.07) is 0. The molecule has 0 amide bonds. The highest BCUT2D eigenvalue weighted by atomic mass is 14.8. The standard InChI is InChI=1S/C11H25N/c1-4-6-7-9-12-10-11(3)8-5-2/h11-12H,4-10H2,1-3H3. The van der Waals surface area contributed by atoms with Crippen LogP contribution in [0.2, 0.25) is 0 Å². The summed E-state index contributed by atoms with van der Waals surface area (Å²) in [6.07, 6.45) is 6.72. The Morgan fingerprint density at radius 2 is 1.83 bits per heavy atom. The van der Waals surface area contributed by atoms with Gasteiger partial charge < -0.3 is 5.32 Å². The van der Waals surface area contributed by atoms with Gasteiger partial charge >= 0.3 is 0 Å². The predicted octanol–water partition coefficient (Wildman–Crippen LogP) is 3.20. The van der Waals surface area contributed by atoms with Crippen LogP contribution in [0, 0.1) is 5.92 Å². The van der Waals surface area contributed by atoms with Gasteiger partial charge in [0.15, 0.2) is 0 Å². The molecule has 0 rings (SSSR count). The molecule has 0 radical (unpaired) electrons. The molecule has 0 aromatic heterocycles. The van der Waals surface area contributed by atoms with E-state index in [4.69, 9.17) is 0 Å². The Morgan fingerprint density at radius 1 is 1.08 bits per heavy atom. The molecule has 0 aliphatic heterocycles. The molecule has 12 heavy (non-hydrogen) atoms. The molecule has 0 saturated heterocycles. The second-order valence-electron chi connectivity index (χ2n) is 3.81. The van der Waals surface area contributed by atoms with E-state index < -0.39 is 0 Å².